The van der Waals surface area contributed by atoms with Crippen molar-refractivity contribution in [2.45, 2.75) is 24.9 Å². The van der Waals surface area contributed by atoms with Crippen molar-refractivity contribution in [1.82, 2.24) is 0 Å². The van der Waals surface area contributed by atoms with Crippen molar-refractivity contribution in [1.29, 1.82) is 0 Å². The number of benzene rings is 1. The Morgan fingerprint density at radius 1 is 1.27 bits per heavy atom. The van der Waals surface area contributed by atoms with E-state index in [0.717, 1.165) is 5.09 Å². The van der Waals surface area contributed by atoms with Gasteiger partial charge in [-0.3, -0.25) is 0 Å². The van der Waals surface area contributed by atoms with Crippen molar-refractivity contribution in [2.24, 2.45) is 0 Å². The Balaban J connectivity index is 3.02. The van der Waals surface area contributed by atoms with Crippen LogP contribution in [0.4, 0.5) is 0 Å². The van der Waals surface area contributed by atoms with E-state index in [9.17, 15) is 0 Å². The van der Waals surface area contributed by atoms with Crippen LogP contribution in [0.15, 0.2) is 24.3 Å². The number of hydrogen-bond acceptors (Lipinski definition) is 0. The van der Waals surface area contributed by atoms with Crippen molar-refractivity contribution >= 4 is 17.7 Å². The van der Waals surface area contributed by atoms with Crippen LogP contribution < -0.4 is 0 Å². The normalized spacial score (nSPS) is 10.6. The molecule has 0 radical (unpaired) electrons. The third kappa shape index (κ3) is 2.12. The fraction of sp³-hybridized carbons (Fsp3) is 0.400. The van der Waals surface area contributed by atoms with E-state index >= 15 is 0 Å². The summed E-state index contributed by atoms with van der Waals surface area (Å²) in [6.07, 6.45) is 0. The van der Waals surface area contributed by atoms with Crippen molar-refractivity contribution in [3.8, 4) is 0 Å². The SMILES string of the molecule is [Li][CH2]c1ccccc1C(C)C. The van der Waals surface area contributed by atoms with Gasteiger partial charge in [0.2, 0.25) is 0 Å². The first-order chi connectivity index (χ1) is 5.25. The quantitative estimate of drug-likeness (QED) is 0.553. The Hall–Kier alpha value is -0.183. The fourth-order valence-electron chi connectivity index (χ4n) is 1.42. The van der Waals surface area contributed by atoms with E-state index in [1.165, 1.54) is 11.1 Å². The van der Waals surface area contributed by atoms with Gasteiger partial charge in [0.25, 0.3) is 0 Å². The molecule has 0 nitrogen and oxygen atoms in total. The van der Waals surface area contributed by atoms with Gasteiger partial charge in [-0.05, 0) is 0 Å². The van der Waals surface area contributed by atoms with E-state index in [4.69, 9.17) is 0 Å². The topological polar surface area (TPSA) is 0 Å². The Kier molecular flexibility index (Phi) is 3.24. The molecule has 11 heavy (non-hydrogen) atoms. The first-order valence-electron chi connectivity index (χ1n) is 4.33. The molecule has 1 aromatic rings. The van der Waals surface area contributed by atoms with E-state index in [0.29, 0.717) is 5.92 Å². The van der Waals surface area contributed by atoms with E-state index in [2.05, 4.69) is 55.8 Å². The first-order valence-corrected chi connectivity index (χ1v) is 4.33. The summed E-state index contributed by atoms with van der Waals surface area (Å²) >= 11 is 2.21. The number of hydrogen-bond donors (Lipinski definition) is 0. The van der Waals surface area contributed by atoms with Crippen molar-refractivity contribution in [2.75, 3.05) is 0 Å². The molecule has 54 valence electrons. The molecule has 0 saturated heterocycles. The third-order valence-electron chi connectivity index (χ3n) is 2.06. The molecule has 0 fully saturated rings. The summed E-state index contributed by atoms with van der Waals surface area (Å²) < 4.78 is 0. The first kappa shape index (κ1) is 8.91. The average Bonchev–Trinajstić information content (AvgIpc) is 2.04. The second kappa shape index (κ2) is 4.00. The predicted octanol–water partition coefficient (Wildman–Crippen LogP) is 2.48. The zero-order valence-electron chi connectivity index (χ0n) is 7.59. The zero-order chi connectivity index (χ0) is 8.27. The molecule has 0 aliphatic rings. The molecule has 0 unspecified atom stereocenters. The monoisotopic (exact) mass is 140 g/mol. The molecule has 0 amide bonds. The molecule has 0 aliphatic heterocycles. The maximum absolute atomic E-state index is 2.24. The van der Waals surface area contributed by atoms with Gasteiger partial charge in [0.15, 0.2) is 0 Å². The Labute approximate surface area is 78.2 Å². The van der Waals surface area contributed by atoms with Crippen LogP contribution in [0.5, 0.6) is 0 Å². The van der Waals surface area contributed by atoms with Crippen molar-refractivity contribution < 1.29 is 0 Å². The van der Waals surface area contributed by atoms with E-state index in [1.807, 2.05) is 0 Å². The molecule has 1 heteroatoms. The molecule has 0 spiro atoms. The van der Waals surface area contributed by atoms with Gasteiger partial charge in [-0.2, -0.15) is 0 Å². The summed E-state index contributed by atoms with van der Waals surface area (Å²) in [6, 6.07) is 8.68. The van der Waals surface area contributed by atoms with Crippen molar-refractivity contribution in [3.63, 3.8) is 0 Å². The van der Waals surface area contributed by atoms with Gasteiger partial charge in [0.05, 0.1) is 0 Å². The minimum absolute atomic E-state index is 0.658. The van der Waals surface area contributed by atoms with E-state index < -0.39 is 0 Å². The molecule has 0 aliphatic carbocycles. The zero-order valence-corrected chi connectivity index (χ0v) is 7.59. The van der Waals surface area contributed by atoms with Crippen LogP contribution in [-0.2, 0) is 5.09 Å². The van der Waals surface area contributed by atoms with Crippen LogP contribution in [0.2, 0.25) is 0 Å². The molecule has 1 aromatic carbocycles. The molecule has 0 aromatic heterocycles. The van der Waals surface area contributed by atoms with Crippen LogP contribution in [0.25, 0.3) is 0 Å². The van der Waals surface area contributed by atoms with Crippen LogP contribution >= 0.6 is 0 Å². The fourth-order valence-corrected chi connectivity index (χ4v) is 1.42. The number of rotatable bonds is 2. The molecule has 0 atom stereocenters. The molecule has 0 N–H and O–H groups in total. The molecule has 0 saturated carbocycles. The Morgan fingerprint density at radius 2 is 1.91 bits per heavy atom. The summed E-state index contributed by atoms with van der Waals surface area (Å²) in [5, 5.41) is 1.15. The van der Waals surface area contributed by atoms with Crippen LogP contribution in [0.1, 0.15) is 30.9 Å². The minimum atomic E-state index is 0.658. The molecular weight excluding hydrogens is 127 g/mol. The standard InChI is InChI=1S/C10H13.Li/c1-8(2)10-7-5-4-6-9(10)3;/h4-8H,3H2,1-2H3;. The molecular formula is C10H13Li. The molecule has 0 heterocycles. The van der Waals surface area contributed by atoms with Gasteiger partial charge in [0.1, 0.15) is 0 Å². The Bertz CT molecular complexity index is 228. The third-order valence-corrected chi connectivity index (χ3v) is 2.06. The van der Waals surface area contributed by atoms with Gasteiger partial charge in [-0.25, -0.2) is 0 Å². The van der Waals surface area contributed by atoms with Crippen LogP contribution in [-0.4, -0.2) is 17.7 Å². The Morgan fingerprint density at radius 3 is 2.36 bits per heavy atom. The summed E-state index contributed by atoms with van der Waals surface area (Å²) in [5.41, 5.74) is 2.98. The van der Waals surface area contributed by atoms with Gasteiger partial charge in [0, 0.05) is 0 Å². The average molecular weight is 140 g/mol. The van der Waals surface area contributed by atoms with Gasteiger partial charge < -0.3 is 0 Å². The summed E-state index contributed by atoms with van der Waals surface area (Å²) in [5.74, 6) is 0.658. The van der Waals surface area contributed by atoms with Crippen molar-refractivity contribution in [3.05, 3.63) is 35.4 Å². The second-order valence-electron chi connectivity index (χ2n) is 3.21. The van der Waals surface area contributed by atoms with E-state index in [1.54, 1.807) is 0 Å². The van der Waals surface area contributed by atoms with Gasteiger partial charge >= 0.3 is 78.0 Å². The van der Waals surface area contributed by atoms with Crippen LogP contribution in [0.3, 0.4) is 0 Å². The van der Waals surface area contributed by atoms with Crippen LogP contribution in [0, 0.1) is 0 Å². The summed E-state index contributed by atoms with van der Waals surface area (Å²) in [6.45, 7) is 4.49. The maximum atomic E-state index is 2.24. The second-order valence-corrected chi connectivity index (χ2v) is 3.21. The van der Waals surface area contributed by atoms with Gasteiger partial charge in [-0.1, -0.05) is 0 Å². The van der Waals surface area contributed by atoms with Gasteiger partial charge in [-0.15, -0.1) is 0 Å². The van der Waals surface area contributed by atoms with E-state index in [-0.39, 0.29) is 0 Å². The summed E-state index contributed by atoms with van der Waals surface area (Å²) in [4.78, 5) is 0. The molecule has 1 rings (SSSR count). The molecule has 0 bridgehead atoms. The summed E-state index contributed by atoms with van der Waals surface area (Å²) in [7, 11) is 0. The predicted molar refractivity (Wildman–Crippen MR) is 50.0 cm³/mol.